The summed E-state index contributed by atoms with van der Waals surface area (Å²) in [6.07, 6.45) is -0.566. The zero-order valence-corrected chi connectivity index (χ0v) is 15.0. The predicted octanol–water partition coefficient (Wildman–Crippen LogP) is 5.66. The minimum absolute atomic E-state index is 0.271. The molecule has 0 unspecified atom stereocenters. The largest absolute Gasteiger partial charge is 0.416 e. The molecule has 1 heterocycles. The number of hydrogen-bond acceptors (Lipinski definition) is 3. The molecule has 2 aromatic carbocycles. The fraction of sp³-hybridized carbons (Fsp3) is 0.143. The number of alkyl halides is 3. The van der Waals surface area contributed by atoms with Crippen LogP contribution in [0.4, 0.5) is 30.2 Å². The lowest BCUT2D eigenvalue weighted by Gasteiger charge is -2.12. The number of carbonyl (C=O) groups is 1. The number of nitrogens with one attached hydrogen (secondary N) is 2. The summed E-state index contributed by atoms with van der Waals surface area (Å²) < 4.78 is 37.9. The number of nitrogens with zero attached hydrogens (tertiary/aromatic N) is 1. The van der Waals surface area contributed by atoms with Gasteiger partial charge in [-0.2, -0.15) is 13.2 Å². The molecule has 0 saturated carbocycles. The average molecular weight is 385 g/mol. The molecular formula is C21H18F3N3O. The first-order valence-corrected chi connectivity index (χ1v) is 8.65. The maximum Gasteiger partial charge on any atom is 0.416 e. The highest BCUT2D eigenvalue weighted by atomic mass is 19.4. The Kier molecular flexibility index (Phi) is 5.63. The van der Waals surface area contributed by atoms with E-state index in [2.05, 4.69) is 15.6 Å². The van der Waals surface area contributed by atoms with Crippen LogP contribution in [0.15, 0.2) is 67.0 Å². The highest BCUT2D eigenvalue weighted by Gasteiger charge is 2.30. The first-order valence-electron chi connectivity index (χ1n) is 8.65. The van der Waals surface area contributed by atoms with E-state index in [1.165, 1.54) is 18.3 Å². The van der Waals surface area contributed by atoms with Crippen molar-refractivity contribution in [2.24, 2.45) is 0 Å². The number of halogens is 3. The fourth-order valence-corrected chi connectivity index (χ4v) is 2.68. The van der Waals surface area contributed by atoms with Gasteiger partial charge in [-0.05, 0) is 48.4 Å². The second kappa shape index (κ2) is 8.12. The monoisotopic (exact) mass is 385 g/mol. The molecule has 144 valence electrons. The van der Waals surface area contributed by atoms with Gasteiger partial charge in [-0.1, -0.05) is 25.1 Å². The summed E-state index contributed by atoms with van der Waals surface area (Å²) in [4.78, 5) is 16.5. The number of amides is 1. The van der Waals surface area contributed by atoms with Crippen molar-refractivity contribution in [2.75, 3.05) is 10.6 Å². The van der Waals surface area contributed by atoms with E-state index in [0.29, 0.717) is 11.3 Å². The van der Waals surface area contributed by atoms with Crippen LogP contribution in [-0.2, 0) is 12.6 Å². The molecule has 0 bridgehead atoms. The fourth-order valence-electron chi connectivity index (χ4n) is 2.68. The van der Waals surface area contributed by atoms with Crippen molar-refractivity contribution in [2.45, 2.75) is 19.5 Å². The zero-order valence-electron chi connectivity index (χ0n) is 15.0. The molecule has 0 saturated heterocycles. The number of aromatic nitrogens is 1. The maximum atomic E-state index is 12.6. The smallest absolute Gasteiger partial charge is 0.354 e. The highest BCUT2D eigenvalue weighted by molar-refractivity contribution is 6.04. The lowest BCUT2D eigenvalue weighted by Crippen LogP contribution is -2.13. The van der Waals surface area contributed by atoms with E-state index in [1.54, 1.807) is 12.3 Å². The van der Waals surface area contributed by atoms with Gasteiger partial charge in [0, 0.05) is 17.6 Å². The van der Waals surface area contributed by atoms with Gasteiger partial charge in [-0.25, -0.2) is 0 Å². The van der Waals surface area contributed by atoms with Crippen LogP contribution >= 0.6 is 0 Å². The number of pyridine rings is 1. The summed E-state index contributed by atoms with van der Waals surface area (Å²) in [6.45, 7) is 2.05. The van der Waals surface area contributed by atoms with Crippen molar-refractivity contribution in [1.29, 1.82) is 0 Å². The molecule has 1 aromatic heterocycles. The molecule has 3 aromatic rings. The Labute approximate surface area is 160 Å². The quantitative estimate of drug-likeness (QED) is 0.596. The molecule has 28 heavy (non-hydrogen) atoms. The number of rotatable bonds is 5. The lowest BCUT2D eigenvalue weighted by atomic mass is 10.1. The number of anilines is 3. The molecule has 3 rings (SSSR count). The van der Waals surface area contributed by atoms with Crippen LogP contribution in [0.25, 0.3) is 0 Å². The van der Waals surface area contributed by atoms with Crippen LogP contribution < -0.4 is 10.6 Å². The second-order valence-corrected chi connectivity index (χ2v) is 6.13. The lowest BCUT2D eigenvalue weighted by molar-refractivity contribution is -0.137. The van der Waals surface area contributed by atoms with E-state index >= 15 is 0 Å². The Balaban J connectivity index is 1.73. The van der Waals surface area contributed by atoms with Crippen molar-refractivity contribution in [3.8, 4) is 0 Å². The third-order valence-corrected chi connectivity index (χ3v) is 4.15. The number of hydrogen-bond donors (Lipinski definition) is 2. The van der Waals surface area contributed by atoms with Crippen molar-refractivity contribution in [3.05, 3.63) is 83.7 Å². The van der Waals surface area contributed by atoms with Crippen LogP contribution in [0.1, 0.15) is 28.4 Å². The molecule has 0 spiro atoms. The Bertz CT molecular complexity index is 969. The van der Waals surface area contributed by atoms with Gasteiger partial charge in [0.2, 0.25) is 0 Å². The molecule has 0 aliphatic rings. The number of carbonyl (C=O) groups excluding carboxylic acids is 1. The van der Waals surface area contributed by atoms with Crippen LogP contribution in [0.5, 0.6) is 0 Å². The van der Waals surface area contributed by atoms with Gasteiger partial charge in [0.15, 0.2) is 0 Å². The number of benzene rings is 2. The summed E-state index contributed by atoms with van der Waals surface area (Å²) >= 11 is 0. The normalized spacial score (nSPS) is 11.1. The standard InChI is InChI=1S/C21H18F3N3O/c1-2-14-5-3-4-6-19(14)26-18-11-15(12-25-13-18)20(28)27-17-9-7-16(8-10-17)21(22,23)24/h3-13,26H,2H2,1H3,(H,27,28). The molecule has 7 heteroatoms. The van der Waals surface area contributed by atoms with Crippen molar-refractivity contribution >= 4 is 23.0 Å². The van der Waals surface area contributed by atoms with Crippen LogP contribution in [-0.4, -0.2) is 10.9 Å². The maximum absolute atomic E-state index is 12.6. The molecule has 0 radical (unpaired) electrons. The van der Waals surface area contributed by atoms with E-state index < -0.39 is 17.6 Å². The summed E-state index contributed by atoms with van der Waals surface area (Å²) in [5.41, 5.74) is 2.48. The molecule has 0 fully saturated rings. The van der Waals surface area contributed by atoms with E-state index in [0.717, 1.165) is 29.8 Å². The van der Waals surface area contributed by atoms with E-state index in [4.69, 9.17) is 0 Å². The van der Waals surface area contributed by atoms with Crippen molar-refractivity contribution in [3.63, 3.8) is 0 Å². The summed E-state index contributed by atoms with van der Waals surface area (Å²) in [5, 5.41) is 5.82. The second-order valence-electron chi connectivity index (χ2n) is 6.13. The summed E-state index contributed by atoms with van der Waals surface area (Å²) in [7, 11) is 0. The average Bonchev–Trinajstić information content (AvgIpc) is 2.68. The first kappa shape index (κ1) is 19.4. The first-order chi connectivity index (χ1) is 13.4. The van der Waals surface area contributed by atoms with Crippen LogP contribution in [0.3, 0.4) is 0 Å². The van der Waals surface area contributed by atoms with Gasteiger partial charge in [0.1, 0.15) is 0 Å². The number of aryl methyl sites for hydroxylation is 1. The van der Waals surface area contributed by atoms with Gasteiger partial charge in [-0.3, -0.25) is 9.78 Å². The minimum Gasteiger partial charge on any atom is -0.354 e. The van der Waals surface area contributed by atoms with Gasteiger partial charge >= 0.3 is 6.18 Å². The molecule has 0 aliphatic heterocycles. The predicted molar refractivity (Wildman–Crippen MR) is 103 cm³/mol. The van der Waals surface area contributed by atoms with Crippen LogP contribution in [0, 0.1) is 0 Å². The highest BCUT2D eigenvalue weighted by Crippen LogP contribution is 2.30. The molecule has 1 amide bonds. The Hall–Kier alpha value is -3.35. The SMILES string of the molecule is CCc1ccccc1Nc1cncc(C(=O)Nc2ccc(C(F)(F)F)cc2)c1. The molecule has 0 atom stereocenters. The van der Waals surface area contributed by atoms with Gasteiger partial charge in [0.25, 0.3) is 5.91 Å². The Morgan fingerprint density at radius 2 is 1.71 bits per heavy atom. The minimum atomic E-state index is -4.42. The number of para-hydroxylation sites is 1. The zero-order chi connectivity index (χ0) is 20.1. The molecular weight excluding hydrogens is 367 g/mol. The summed E-state index contributed by atoms with van der Waals surface area (Å²) in [6, 6.07) is 13.7. The van der Waals surface area contributed by atoms with Gasteiger partial charge < -0.3 is 10.6 Å². The molecule has 0 aliphatic carbocycles. The third-order valence-electron chi connectivity index (χ3n) is 4.15. The van der Waals surface area contributed by atoms with Crippen molar-refractivity contribution < 1.29 is 18.0 Å². The Morgan fingerprint density at radius 1 is 1.00 bits per heavy atom. The van der Waals surface area contributed by atoms with Crippen LogP contribution in [0.2, 0.25) is 0 Å². The molecule has 4 nitrogen and oxygen atoms in total. The van der Waals surface area contributed by atoms with E-state index in [1.807, 2.05) is 31.2 Å². The van der Waals surface area contributed by atoms with Crippen molar-refractivity contribution in [1.82, 2.24) is 4.98 Å². The molecule has 2 N–H and O–H groups in total. The van der Waals surface area contributed by atoms with Gasteiger partial charge in [-0.15, -0.1) is 0 Å². The van der Waals surface area contributed by atoms with E-state index in [9.17, 15) is 18.0 Å². The Morgan fingerprint density at radius 3 is 2.39 bits per heavy atom. The van der Waals surface area contributed by atoms with Gasteiger partial charge in [0.05, 0.1) is 23.0 Å². The van der Waals surface area contributed by atoms with E-state index in [-0.39, 0.29) is 5.69 Å². The third kappa shape index (κ3) is 4.68. The topological polar surface area (TPSA) is 54.0 Å². The summed E-state index contributed by atoms with van der Waals surface area (Å²) in [5.74, 6) is -0.459.